The Hall–Kier alpha value is -0.560. The van der Waals surface area contributed by atoms with E-state index < -0.39 is 0 Å². The number of piperazine rings is 1. The van der Waals surface area contributed by atoms with Crippen molar-refractivity contribution >= 4 is 29.1 Å². The number of esters is 1. The molecule has 1 atom stereocenters. The first-order valence-electron chi connectivity index (χ1n) is 7.47. The van der Waals surface area contributed by atoms with Crippen molar-refractivity contribution in [3.63, 3.8) is 0 Å². The molecule has 2 aliphatic rings. The van der Waals surface area contributed by atoms with Gasteiger partial charge in [0.15, 0.2) is 0 Å². The highest BCUT2D eigenvalue weighted by molar-refractivity contribution is 7.99. The summed E-state index contributed by atoms with van der Waals surface area (Å²) in [5.74, 6) is 2.42. The summed E-state index contributed by atoms with van der Waals surface area (Å²) in [7, 11) is 1.43. The topological polar surface area (TPSA) is 32.8 Å². The minimum Gasteiger partial charge on any atom is -0.465 e. The van der Waals surface area contributed by atoms with Gasteiger partial charge >= 0.3 is 5.97 Å². The van der Waals surface area contributed by atoms with E-state index in [9.17, 15) is 4.79 Å². The summed E-state index contributed by atoms with van der Waals surface area (Å²) in [6.07, 6.45) is 1.36. The summed E-state index contributed by atoms with van der Waals surface area (Å²) in [5.41, 5.74) is 0. The number of carbonyl (C=O) groups excluding carboxylic acids is 1. The van der Waals surface area contributed by atoms with Crippen LogP contribution < -0.4 is 0 Å². The minimum absolute atomic E-state index is 0.227. The first-order chi connectivity index (χ1) is 10.3. The van der Waals surface area contributed by atoms with Crippen LogP contribution in [-0.2, 0) is 11.3 Å². The van der Waals surface area contributed by atoms with Gasteiger partial charge in [0.25, 0.3) is 0 Å². The molecule has 0 aliphatic carbocycles. The summed E-state index contributed by atoms with van der Waals surface area (Å²) < 4.78 is 4.76. The monoisotopic (exact) mass is 326 g/mol. The van der Waals surface area contributed by atoms with Crippen LogP contribution in [0.3, 0.4) is 0 Å². The second kappa shape index (κ2) is 7.13. The van der Waals surface area contributed by atoms with Crippen molar-refractivity contribution in [2.75, 3.05) is 44.8 Å². The molecule has 0 amide bonds. The van der Waals surface area contributed by atoms with Gasteiger partial charge in [-0.15, -0.1) is 11.3 Å². The van der Waals surface area contributed by atoms with Gasteiger partial charge in [-0.25, -0.2) is 4.79 Å². The molecule has 21 heavy (non-hydrogen) atoms. The number of methoxy groups -OCH3 is 1. The quantitative estimate of drug-likeness (QED) is 0.792. The van der Waals surface area contributed by atoms with E-state index in [1.807, 2.05) is 6.07 Å². The van der Waals surface area contributed by atoms with Crippen LogP contribution in [0.5, 0.6) is 0 Å². The fourth-order valence-corrected chi connectivity index (χ4v) is 5.21. The van der Waals surface area contributed by atoms with Gasteiger partial charge in [-0.2, -0.15) is 11.8 Å². The van der Waals surface area contributed by atoms with Crippen LogP contribution >= 0.6 is 23.1 Å². The van der Waals surface area contributed by atoms with Crippen LogP contribution in [0.1, 0.15) is 21.0 Å². The Morgan fingerprint density at radius 3 is 2.81 bits per heavy atom. The Bertz CT molecular complexity index is 478. The molecule has 0 radical (unpaired) electrons. The van der Waals surface area contributed by atoms with E-state index >= 15 is 0 Å². The van der Waals surface area contributed by atoms with Crippen LogP contribution in [0.25, 0.3) is 0 Å². The molecule has 1 aromatic rings. The van der Waals surface area contributed by atoms with E-state index in [0.717, 1.165) is 25.7 Å². The van der Waals surface area contributed by atoms with Crippen molar-refractivity contribution in [2.45, 2.75) is 19.0 Å². The summed E-state index contributed by atoms with van der Waals surface area (Å²) in [6, 6.07) is 4.74. The van der Waals surface area contributed by atoms with E-state index in [2.05, 4.69) is 27.6 Å². The first-order valence-corrected chi connectivity index (χ1v) is 9.44. The molecular weight excluding hydrogens is 304 g/mol. The molecule has 0 aromatic carbocycles. The molecule has 2 saturated heterocycles. The van der Waals surface area contributed by atoms with Gasteiger partial charge in [0.1, 0.15) is 4.88 Å². The lowest BCUT2D eigenvalue weighted by molar-refractivity contribution is 0.0606. The van der Waals surface area contributed by atoms with E-state index in [1.54, 1.807) is 11.3 Å². The van der Waals surface area contributed by atoms with Crippen LogP contribution in [-0.4, -0.2) is 66.6 Å². The van der Waals surface area contributed by atoms with Crippen molar-refractivity contribution < 1.29 is 9.53 Å². The van der Waals surface area contributed by atoms with Crippen molar-refractivity contribution in [1.29, 1.82) is 0 Å². The molecule has 116 valence electrons. The molecule has 4 nitrogen and oxygen atoms in total. The molecule has 2 aliphatic heterocycles. The number of thiophene rings is 1. The van der Waals surface area contributed by atoms with Crippen LogP contribution in [0, 0.1) is 0 Å². The van der Waals surface area contributed by atoms with Crippen LogP contribution in [0.15, 0.2) is 12.1 Å². The fraction of sp³-hybridized carbons (Fsp3) is 0.667. The van der Waals surface area contributed by atoms with E-state index in [1.165, 1.54) is 43.0 Å². The molecule has 0 spiro atoms. The predicted octanol–water partition coefficient (Wildman–Crippen LogP) is 2.16. The molecule has 0 bridgehead atoms. The molecule has 0 N–H and O–H groups in total. The van der Waals surface area contributed by atoms with Crippen molar-refractivity contribution in [1.82, 2.24) is 9.80 Å². The lowest BCUT2D eigenvalue weighted by atomic mass is 10.2. The molecule has 3 heterocycles. The Labute approximate surface area is 134 Å². The molecule has 1 aromatic heterocycles. The maximum atomic E-state index is 11.5. The third-order valence-electron chi connectivity index (χ3n) is 4.26. The Morgan fingerprint density at radius 1 is 1.33 bits per heavy atom. The van der Waals surface area contributed by atoms with Gasteiger partial charge in [0, 0.05) is 49.4 Å². The Kier molecular flexibility index (Phi) is 5.21. The van der Waals surface area contributed by atoms with Gasteiger partial charge in [-0.05, 0) is 24.3 Å². The Balaban J connectivity index is 1.48. The van der Waals surface area contributed by atoms with Crippen LogP contribution in [0.2, 0.25) is 0 Å². The minimum atomic E-state index is -0.227. The molecule has 0 unspecified atom stereocenters. The second-order valence-corrected chi connectivity index (χ2v) is 7.91. The Morgan fingerprint density at radius 2 is 2.14 bits per heavy atom. The molecule has 3 rings (SSSR count). The molecule has 0 saturated carbocycles. The summed E-state index contributed by atoms with van der Waals surface area (Å²) in [6.45, 7) is 5.58. The van der Waals surface area contributed by atoms with E-state index in [0.29, 0.717) is 4.88 Å². The number of carbonyl (C=O) groups is 1. The van der Waals surface area contributed by atoms with Crippen molar-refractivity contribution in [3.8, 4) is 0 Å². The predicted molar refractivity (Wildman–Crippen MR) is 88.2 cm³/mol. The third kappa shape index (κ3) is 3.80. The fourth-order valence-electron chi connectivity index (χ4n) is 2.99. The summed E-state index contributed by atoms with van der Waals surface area (Å²) >= 11 is 3.64. The smallest absolute Gasteiger partial charge is 0.348 e. The average Bonchev–Trinajstić information content (AvgIpc) is 3.18. The number of hydrogen-bond donors (Lipinski definition) is 0. The number of ether oxygens (including phenoxy) is 1. The second-order valence-electron chi connectivity index (χ2n) is 5.59. The van der Waals surface area contributed by atoms with E-state index in [-0.39, 0.29) is 5.97 Å². The maximum Gasteiger partial charge on any atom is 0.348 e. The summed E-state index contributed by atoms with van der Waals surface area (Å²) in [4.78, 5) is 18.6. The highest BCUT2D eigenvalue weighted by Crippen LogP contribution is 2.24. The van der Waals surface area contributed by atoms with Gasteiger partial charge in [0.2, 0.25) is 0 Å². The SMILES string of the molecule is COC(=O)c1ccc(CN2CCN([C@@H]3CCSC3)CC2)s1. The highest BCUT2D eigenvalue weighted by atomic mass is 32.2. The zero-order chi connectivity index (χ0) is 14.7. The molecule has 6 heteroatoms. The maximum absolute atomic E-state index is 11.5. The van der Waals surface area contributed by atoms with Gasteiger partial charge in [-0.1, -0.05) is 0 Å². The average molecular weight is 326 g/mol. The first kappa shape index (κ1) is 15.3. The van der Waals surface area contributed by atoms with Gasteiger partial charge in [0.05, 0.1) is 7.11 Å². The van der Waals surface area contributed by atoms with Gasteiger partial charge < -0.3 is 4.74 Å². The normalized spacial score (nSPS) is 24.3. The number of rotatable bonds is 4. The zero-order valence-electron chi connectivity index (χ0n) is 12.4. The highest BCUT2D eigenvalue weighted by Gasteiger charge is 2.26. The number of hydrogen-bond acceptors (Lipinski definition) is 6. The summed E-state index contributed by atoms with van der Waals surface area (Å²) in [5, 5.41) is 0. The number of thioether (sulfide) groups is 1. The third-order valence-corrected chi connectivity index (χ3v) is 6.45. The largest absolute Gasteiger partial charge is 0.465 e. The lowest BCUT2D eigenvalue weighted by Crippen LogP contribution is -2.49. The van der Waals surface area contributed by atoms with E-state index in [4.69, 9.17) is 4.74 Å². The standard InChI is InChI=1S/C15H22N2O2S2/c1-19-15(18)14-3-2-13(21-14)10-16-5-7-17(8-6-16)12-4-9-20-11-12/h2-3,12H,4-11H2,1H3/t12-/m1/s1. The van der Waals surface area contributed by atoms with Crippen LogP contribution in [0.4, 0.5) is 0 Å². The van der Waals surface area contributed by atoms with Gasteiger partial charge in [-0.3, -0.25) is 9.80 Å². The van der Waals surface area contributed by atoms with Crippen molar-refractivity contribution in [2.24, 2.45) is 0 Å². The van der Waals surface area contributed by atoms with Crippen molar-refractivity contribution in [3.05, 3.63) is 21.9 Å². The lowest BCUT2D eigenvalue weighted by Gasteiger charge is -2.37. The number of nitrogens with zero attached hydrogens (tertiary/aromatic N) is 2. The molecular formula is C15H22N2O2S2. The molecule has 2 fully saturated rings. The zero-order valence-corrected chi connectivity index (χ0v) is 14.0.